The molecule has 0 fully saturated rings. The van der Waals surface area contributed by atoms with E-state index >= 15 is 0 Å². The average Bonchev–Trinajstić information content (AvgIpc) is 3.03. The van der Waals surface area contributed by atoms with Crippen molar-refractivity contribution in [3.05, 3.63) is 47.3 Å². The Hall–Kier alpha value is -2.80. The monoisotopic (exact) mass is 300 g/mol. The first-order valence-corrected chi connectivity index (χ1v) is 6.86. The largest absolute Gasteiger partial charge is 0.490 e. The van der Waals surface area contributed by atoms with Crippen molar-refractivity contribution in [3.63, 3.8) is 0 Å². The van der Waals surface area contributed by atoms with Crippen LogP contribution in [0.15, 0.2) is 30.5 Å². The highest BCUT2D eigenvalue weighted by Crippen LogP contribution is 2.33. The maximum atomic E-state index is 12.6. The highest BCUT2D eigenvalue weighted by molar-refractivity contribution is 6.07. The van der Waals surface area contributed by atoms with E-state index in [1.807, 2.05) is 18.2 Å². The number of aromatic nitrogens is 1. The van der Waals surface area contributed by atoms with Gasteiger partial charge in [0.25, 0.3) is 5.91 Å². The van der Waals surface area contributed by atoms with Crippen molar-refractivity contribution in [2.45, 2.75) is 6.54 Å². The van der Waals surface area contributed by atoms with Crippen LogP contribution in [0.3, 0.4) is 0 Å². The zero-order valence-corrected chi connectivity index (χ0v) is 11.8. The number of carbonyl (C=O) groups is 2. The molecule has 7 heteroatoms. The molecule has 7 nitrogen and oxygen atoms in total. The number of nitrogens with zero attached hydrogens (tertiary/aromatic N) is 1. The lowest BCUT2D eigenvalue weighted by molar-refractivity contribution is 0.0972. The van der Waals surface area contributed by atoms with Gasteiger partial charge in [0, 0.05) is 12.7 Å². The van der Waals surface area contributed by atoms with Crippen LogP contribution in [0.5, 0.6) is 5.75 Å². The number of aromatic amines is 1. The van der Waals surface area contributed by atoms with E-state index in [1.54, 1.807) is 4.90 Å². The van der Waals surface area contributed by atoms with E-state index in [1.165, 1.54) is 12.3 Å². The zero-order valence-electron chi connectivity index (χ0n) is 11.8. The van der Waals surface area contributed by atoms with Gasteiger partial charge in [-0.05, 0) is 23.8 Å². The quantitative estimate of drug-likeness (QED) is 0.770. The van der Waals surface area contributed by atoms with Crippen LogP contribution >= 0.6 is 0 Å². The molecule has 22 heavy (non-hydrogen) atoms. The highest BCUT2D eigenvalue weighted by atomic mass is 16.5. The Balaban J connectivity index is 1.92. The molecular weight excluding hydrogens is 284 g/mol. The van der Waals surface area contributed by atoms with Crippen LogP contribution < -0.4 is 21.1 Å². The molecule has 5 N–H and O–H groups in total. The van der Waals surface area contributed by atoms with Crippen molar-refractivity contribution in [2.24, 2.45) is 11.5 Å². The van der Waals surface area contributed by atoms with E-state index in [9.17, 15) is 9.59 Å². The summed E-state index contributed by atoms with van der Waals surface area (Å²) in [4.78, 5) is 28.1. The van der Waals surface area contributed by atoms with Crippen molar-refractivity contribution in [2.75, 3.05) is 18.1 Å². The van der Waals surface area contributed by atoms with Gasteiger partial charge in [0.05, 0.1) is 17.8 Å². The van der Waals surface area contributed by atoms with Gasteiger partial charge >= 0.3 is 0 Å². The summed E-state index contributed by atoms with van der Waals surface area (Å²) in [6.07, 6.45) is 1.43. The summed E-state index contributed by atoms with van der Waals surface area (Å²) in [5.74, 6) is -0.188. The molecule has 0 bridgehead atoms. The third kappa shape index (κ3) is 2.42. The van der Waals surface area contributed by atoms with Gasteiger partial charge in [-0.2, -0.15) is 0 Å². The number of primary amides is 1. The molecule has 1 aromatic heterocycles. The molecule has 0 unspecified atom stereocenters. The van der Waals surface area contributed by atoms with E-state index in [4.69, 9.17) is 16.2 Å². The van der Waals surface area contributed by atoms with Crippen LogP contribution in [0.4, 0.5) is 5.69 Å². The van der Waals surface area contributed by atoms with Gasteiger partial charge in [-0.1, -0.05) is 6.07 Å². The SMILES string of the molecule is NCc1ccc2c(c1)OCCN2C(=O)c1cc(C(N)=O)c[nH]1. The lowest BCUT2D eigenvalue weighted by Gasteiger charge is -2.29. The standard InChI is InChI=1S/C15H16N4O3/c16-7-9-1-2-12-13(5-9)22-4-3-19(12)15(21)11-6-10(8-18-11)14(17)20/h1-2,5-6,8,18H,3-4,7,16H2,(H2,17,20). The van der Waals surface area contributed by atoms with Crippen molar-refractivity contribution in [1.82, 2.24) is 4.98 Å². The summed E-state index contributed by atoms with van der Waals surface area (Å²) in [5.41, 5.74) is 13.0. The predicted octanol–water partition coefficient (Wildman–Crippen LogP) is 0.611. The third-order valence-electron chi connectivity index (χ3n) is 3.57. The van der Waals surface area contributed by atoms with Gasteiger partial charge < -0.3 is 26.1 Å². The number of hydrogen-bond acceptors (Lipinski definition) is 4. The summed E-state index contributed by atoms with van der Waals surface area (Å²) in [6, 6.07) is 6.95. The van der Waals surface area contributed by atoms with Gasteiger partial charge in [0.15, 0.2) is 0 Å². The summed E-state index contributed by atoms with van der Waals surface area (Å²) in [7, 11) is 0. The Kier molecular flexibility index (Phi) is 3.56. The van der Waals surface area contributed by atoms with E-state index in [-0.39, 0.29) is 11.5 Å². The number of amides is 2. The molecule has 114 valence electrons. The Labute approximate surface area is 126 Å². The van der Waals surface area contributed by atoms with E-state index < -0.39 is 5.91 Å². The van der Waals surface area contributed by atoms with E-state index in [0.717, 1.165) is 5.56 Å². The molecule has 1 aliphatic heterocycles. The van der Waals surface area contributed by atoms with Crippen LogP contribution in [0.25, 0.3) is 0 Å². The summed E-state index contributed by atoms with van der Waals surface area (Å²) < 4.78 is 5.59. The number of hydrogen-bond donors (Lipinski definition) is 3. The fraction of sp³-hybridized carbons (Fsp3) is 0.200. The van der Waals surface area contributed by atoms with Crippen LogP contribution in [0.2, 0.25) is 0 Å². The number of nitrogens with one attached hydrogen (secondary N) is 1. The molecule has 0 saturated heterocycles. The minimum absolute atomic E-state index is 0.238. The first-order chi connectivity index (χ1) is 10.6. The lowest BCUT2D eigenvalue weighted by Crippen LogP contribution is -2.38. The second kappa shape index (κ2) is 5.53. The number of anilines is 1. The number of nitrogens with two attached hydrogens (primary N) is 2. The average molecular weight is 300 g/mol. The Morgan fingerprint density at radius 3 is 2.82 bits per heavy atom. The molecule has 0 radical (unpaired) electrons. The normalized spacial score (nSPS) is 13.4. The Morgan fingerprint density at radius 2 is 2.14 bits per heavy atom. The van der Waals surface area contributed by atoms with Gasteiger partial charge in [-0.3, -0.25) is 9.59 Å². The summed E-state index contributed by atoms with van der Waals surface area (Å²) in [5, 5.41) is 0. The van der Waals surface area contributed by atoms with Crippen molar-refractivity contribution in [3.8, 4) is 5.75 Å². The highest BCUT2D eigenvalue weighted by Gasteiger charge is 2.26. The Morgan fingerprint density at radius 1 is 1.32 bits per heavy atom. The minimum atomic E-state index is -0.578. The predicted molar refractivity (Wildman–Crippen MR) is 80.8 cm³/mol. The molecular formula is C15H16N4O3. The maximum absolute atomic E-state index is 12.6. The fourth-order valence-electron chi connectivity index (χ4n) is 2.41. The van der Waals surface area contributed by atoms with Gasteiger partial charge in [0.2, 0.25) is 5.91 Å². The molecule has 0 atom stereocenters. The third-order valence-corrected chi connectivity index (χ3v) is 3.57. The molecule has 1 aliphatic rings. The molecule has 2 aromatic rings. The number of ether oxygens (including phenoxy) is 1. The maximum Gasteiger partial charge on any atom is 0.274 e. The first-order valence-electron chi connectivity index (χ1n) is 6.86. The van der Waals surface area contributed by atoms with Gasteiger partial charge in [-0.15, -0.1) is 0 Å². The molecule has 0 aliphatic carbocycles. The van der Waals surface area contributed by atoms with E-state index in [2.05, 4.69) is 4.98 Å². The molecule has 0 saturated carbocycles. The van der Waals surface area contributed by atoms with Gasteiger partial charge in [-0.25, -0.2) is 0 Å². The second-order valence-corrected chi connectivity index (χ2v) is 4.98. The molecule has 2 amide bonds. The number of rotatable bonds is 3. The van der Waals surface area contributed by atoms with Crippen LogP contribution in [-0.4, -0.2) is 29.9 Å². The van der Waals surface area contributed by atoms with Crippen LogP contribution in [0.1, 0.15) is 26.4 Å². The van der Waals surface area contributed by atoms with E-state index in [0.29, 0.717) is 36.8 Å². The number of H-pyrrole nitrogens is 1. The molecule has 2 heterocycles. The molecule has 1 aromatic carbocycles. The smallest absolute Gasteiger partial charge is 0.274 e. The van der Waals surface area contributed by atoms with Gasteiger partial charge in [0.1, 0.15) is 18.1 Å². The summed E-state index contributed by atoms with van der Waals surface area (Å²) >= 11 is 0. The lowest BCUT2D eigenvalue weighted by atomic mass is 10.1. The van der Waals surface area contributed by atoms with Crippen LogP contribution in [-0.2, 0) is 6.54 Å². The molecule has 0 spiro atoms. The topological polar surface area (TPSA) is 114 Å². The second-order valence-electron chi connectivity index (χ2n) is 4.98. The number of fused-ring (bicyclic) bond motifs is 1. The summed E-state index contributed by atoms with van der Waals surface area (Å²) in [6.45, 7) is 1.23. The number of benzene rings is 1. The van der Waals surface area contributed by atoms with Crippen LogP contribution in [0, 0.1) is 0 Å². The molecule has 3 rings (SSSR count). The van der Waals surface area contributed by atoms with Crippen molar-refractivity contribution < 1.29 is 14.3 Å². The van der Waals surface area contributed by atoms with Crippen molar-refractivity contribution in [1.29, 1.82) is 0 Å². The minimum Gasteiger partial charge on any atom is -0.490 e. The number of carbonyl (C=O) groups excluding carboxylic acids is 2. The zero-order chi connectivity index (χ0) is 15.7. The Bertz CT molecular complexity index is 738. The fourth-order valence-corrected chi connectivity index (χ4v) is 2.41. The van der Waals surface area contributed by atoms with Crippen molar-refractivity contribution >= 4 is 17.5 Å². The first kappa shape index (κ1) is 14.2.